The van der Waals surface area contributed by atoms with Gasteiger partial charge >= 0.3 is 5.97 Å². The van der Waals surface area contributed by atoms with Gasteiger partial charge in [-0.1, -0.05) is 6.92 Å². The SMILES string of the molecule is CCOC(=O)C1=C[C@]2(CC)CCCN3CCc4c(n1c1ccc(S(=O)(=O)NCCOC)cc41)[C@@H]32. The fourth-order valence-electron chi connectivity index (χ4n) is 6.19. The number of sulfonamides is 1. The molecule has 1 fully saturated rings. The molecule has 3 aliphatic heterocycles. The Hall–Kier alpha value is -2.20. The summed E-state index contributed by atoms with van der Waals surface area (Å²) in [6.45, 7) is 6.81. The lowest BCUT2D eigenvalue weighted by molar-refractivity contribution is -0.136. The van der Waals surface area contributed by atoms with Crippen molar-refractivity contribution in [1.29, 1.82) is 0 Å². The molecule has 0 amide bonds. The largest absolute Gasteiger partial charge is 0.461 e. The maximum Gasteiger partial charge on any atom is 0.354 e. The van der Waals surface area contributed by atoms with Crippen molar-refractivity contribution in [3.63, 3.8) is 0 Å². The van der Waals surface area contributed by atoms with Gasteiger partial charge in [0, 0.05) is 36.7 Å². The number of piperidine rings is 1. The maximum atomic E-state index is 13.2. The summed E-state index contributed by atoms with van der Waals surface area (Å²) >= 11 is 0. The van der Waals surface area contributed by atoms with Gasteiger partial charge in [0.05, 0.1) is 29.7 Å². The lowest BCUT2D eigenvalue weighted by atomic mass is 9.66. The normalized spacial score (nSPS) is 24.1. The van der Waals surface area contributed by atoms with Gasteiger partial charge in [-0.05, 0) is 69.0 Å². The van der Waals surface area contributed by atoms with E-state index in [1.807, 2.05) is 17.6 Å². The topological polar surface area (TPSA) is 89.9 Å². The summed E-state index contributed by atoms with van der Waals surface area (Å²) in [6.07, 6.45) is 6.03. The third-order valence-corrected chi connectivity index (χ3v) is 9.16. The molecule has 9 heteroatoms. The number of ether oxygens (including phenoxy) is 2. The first-order valence-corrected chi connectivity index (χ1v) is 13.7. The summed E-state index contributed by atoms with van der Waals surface area (Å²) in [5.41, 5.74) is 3.58. The molecule has 4 heterocycles. The molecule has 0 spiro atoms. The number of fused-ring (bicyclic) bond motifs is 3. The minimum absolute atomic E-state index is 0.128. The number of nitrogens with one attached hydrogen (secondary N) is 1. The van der Waals surface area contributed by atoms with E-state index in [-0.39, 0.29) is 28.9 Å². The van der Waals surface area contributed by atoms with Crippen LogP contribution < -0.4 is 4.72 Å². The molecule has 0 aliphatic carbocycles. The van der Waals surface area contributed by atoms with Crippen LogP contribution in [-0.4, -0.2) is 63.8 Å². The molecule has 1 N–H and O–H groups in total. The second kappa shape index (κ2) is 8.78. The number of aromatic nitrogens is 1. The molecule has 3 aliphatic rings. The highest BCUT2D eigenvalue weighted by atomic mass is 32.2. The third kappa shape index (κ3) is 3.52. The van der Waals surface area contributed by atoms with Crippen molar-refractivity contribution in [2.75, 3.05) is 40.0 Å². The number of carbonyl (C=O) groups is 1. The molecule has 184 valence electrons. The van der Waals surface area contributed by atoms with Gasteiger partial charge in [0.25, 0.3) is 0 Å². The fraction of sp³-hybridized carbons (Fsp3) is 0.560. The van der Waals surface area contributed by atoms with Gasteiger partial charge in [-0.2, -0.15) is 0 Å². The van der Waals surface area contributed by atoms with Crippen molar-refractivity contribution in [3.8, 4) is 0 Å². The number of hydrogen-bond donors (Lipinski definition) is 1. The van der Waals surface area contributed by atoms with Crippen LogP contribution in [0.2, 0.25) is 0 Å². The number of carbonyl (C=O) groups excluding carboxylic acids is 1. The van der Waals surface area contributed by atoms with Crippen molar-refractivity contribution < 1.29 is 22.7 Å². The van der Waals surface area contributed by atoms with Crippen LogP contribution in [0.4, 0.5) is 0 Å². The Balaban J connectivity index is 1.72. The van der Waals surface area contributed by atoms with Crippen LogP contribution in [0.3, 0.4) is 0 Å². The van der Waals surface area contributed by atoms with Gasteiger partial charge < -0.3 is 14.0 Å². The van der Waals surface area contributed by atoms with Crippen molar-refractivity contribution in [2.24, 2.45) is 5.41 Å². The number of nitrogens with zero attached hydrogens (tertiary/aromatic N) is 2. The average molecular weight is 488 g/mol. The van der Waals surface area contributed by atoms with E-state index in [9.17, 15) is 13.2 Å². The van der Waals surface area contributed by atoms with E-state index in [1.165, 1.54) is 7.11 Å². The molecule has 0 radical (unpaired) electrons. The highest BCUT2D eigenvalue weighted by Gasteiger charge is 2.51. The van der Waals surface area contributed by atoms with Gasteiger partial charge in [-0.15, -0.1) is 0 Å². The molecule has 1 aromatic heterocycles. The minimum atomic E-state index is -3.67. The number of hydrogen-bond acceptors (Lipinski definition) is 6. The predicted octanol–water partition coefficient (Wildman–Crippen LogP) is 3.07. The molecule has 2 aromatic rings. The first kappa shape index (κ1) is 23.5. The number of rotatable bonds is 8. The summed E-state index contributed by atoms with van der Waals surface area (Å²) in [6, 6.07) is 5.40. The van der Waals surface area contributed by atoms with Crippen molar-refractivity contribution in [3.05, 3.63) is 35.5 Å². The highest BCUT2D eigenvalue weighted by Crippen LogP contribution is 2.57. The number of benzene rings is 1. The molecule has 8 nitrogen and oxygen atoms in total. The van der Waals surface area contributed by atoms with Gasteiger partial charge in [0.15, 0.2) is 0 Å². The van der Waals surface area contributed by atoms with E-state index < -0.39 is 10.0 Å². The van der Waals surface area contributed by atoms with Crippen LogP contribution >= 0.6 is 0 Å². The third-order valence-electron chi connectivity index (χ3n) is 7.71. The molecule has 1 aromatic carbocycles. The van der Waals surface area contributed by atoms with E-state index in [2.05, 4.69) is 22.6 Å². The zero-order valence-electron chi connectivity index (χ0n) is 20.1. The van der Waals surface area contributed by atoms with Crippen molar-refractivity contribution in [1.82, 2.24) is 14.2 Å². The summed E-state index contributed by atoms with van der Waals surface area (Å²) in [5.74, 6) is -0.325. The van der Waals surface area contributed by atoms with Gasteiger partial charge in [-0.25, -0.2) is 17.9 Å². The Morgan fingerprint density at radius 1 is 1.26 bits per heavy atom. The molecule has 34 heavy (non-hydrogen) atoms. The van der Waals surface area contributed by atoms with Crippen LogP contribution in [0.1, 0.15) is 50.4 Å². The van der Waals surface area contributed by atoms with Crippen LogP contribution in [-0.2, 0) is 30.7 Å². The summed E-state index contributed by atoms with van der Waals surface area (Å²) in [7, 11) is -2.13. The molecule has 5 rings (SSSR count). The monoisotopic (exact) mass is 487 g/mol. The molecule has 2 atom stereocenters. The first-order valence-electron chi connectivity index (χ1n) is 12.2. The Morgan fingerprint density at radius 3 is 2.82 bits per heavy atom. The van der Waals surface area contributed by atoms with Crippen LogP contribution in [0, 0.1) is 5.41 Å². The molecular weight excluding hydrogens is 454 g/mol. The Labute approximate surface area is 200 Å². The standard InChI is InChI=1S/C25H33N3O5S/c1-4-25-10-6-12-27-13-9-18-19-15-17(34(30,31)26-11-14-32-3)7-8-20(19)28(22(18)23(25)27)21(16-25)24(29)33-5-2/h7-8,15-16,23,26H,4-6,9-14H2,1-3H3/t23-,25+/m1/s1. The number of methoxy groups -OCH3 is 1. The molecule has 1 saturated heterocycles. The van der Waals surface area contributed by atoms with E-state index in [1.54, 1.807) is 12.1 Å². The molecule has 0 unspecified atom stereocenters. The fourth-order valence-corrected chi connectivity index (χ4v) is 7.23. The summed E-state index contributed by atoms with van der Waals surface area (Å²) in [5, 5.41) is 0.900. The Kier molecular flexibility index (Phi) is 6.08. The van der Waals surface area contributed by atoms with Crippen LogP contribution in [0.15, 0.2) is 29.2 Å². The summed E-state index contributed by atoms with van der Waals surface area (Å²) in [4.78, 5) is 16.0. The zero-order valence-corrected chi connectivity index (χ0v) is 20.9. The summed E-state index contributed by atoms with van der Waals surface area (Å²) < 4.78 is 41.0. The maximum absolute atomic E-state index is 13.2. The highest BCUT2D eigenvalue weighted by molar-refractivity contribution is 7.89. The second-order valence-corrected chi connectivity index (χ2v) is 11.2. The van der Waals surface area contributed by atoms with E-state index in [0.717, 1.165) is 60.9 Å². The molecule has 0 bridgehead atoms. The zero-order chi connectivity index (χ0) is 24.1. The van der Waals surface area contributed by atoms with Crippen molar-refractivity contribution in [2.45, 2.75) is 50.5 Å². The van der Waals surface area contributed by atoms with Crippen LogP contribution in [0.25, 0.3) is 16.6 Å². The average Bonchev–Trinajstić information content (AvgIpc) is 3.17. The number of esters is 1. The van der Waals surface area contributed by atoms with Gasteiger partial charge in [0.2, 0.25) is 10.0 Å². The van der Waals surface area contributed by atoms with E-state index in [0.29, 0.717) is 18.9 Å². The predicted molar refractivity (Wildman–Crippen MR) is 130 cm³/mol. The lowest BCUT2D eigenvalue weighted by Gasteiger charge is -2.53. The molecule has 0 saturated carbocycles. The Bertz CT molecular complexity index is 1270. The second-order valence-electron chi connectivity index (χ2n) is 9.40. The van der Waals surface area contributed by atoms with Gasteiger partial charge in [0.1, 0.15) is 5.70 Å². The smallest absolute Gasteiger partial charge is 0.354 e. The Morgan fingerprint density at radius 2 is 2.09 bits per heavy atom. The van der Waals surface area contributed by atoms with E-state index >= 15 is 0 Å². The molecular formula is C25H33N3O5S. The minimum Gasteiger partial charge on any atom is -0.461 e. The van der Waals surface area contributed by atoms with E-state index in [4.69, 9.17) is 9.47 Å². The van der Waals surface area contributed by atoms with Gasteiger partial charge in [-0.3, -0.25) is 4.90 Å². The quantitative estimate of drug-likeness (QED) is 0.455. The van der Waals surface area contributed by atoms with Crippen LogP contribution in [0.5, 0.6) is 0 Å². The lowest BCUT2D eigenvalue weighted by Crippen LogP contribution is -2.51. The first-order chi connectivity index (χ1) is 16.4. The van der Waals surface area contributed by atoms with Crippen molar-refractivity contribution >= 4 is 32.6 Å².